The normalized spacial score (nSPS) is 45.9. The van der Waals surface area contributed by atoms with Gasteiger partial charge < -0.3 is 10.4 Å². The van der Waals surface area contributed by atoms with Gasteiger partial charge in [-0.05, 0) is 85.7 Å². The second-order valence-electron chi connectivity index (χ2n) is 16.9. The molecule has 8 atom stereocenters. The topological polar surface area (TPSA) is 107 Å². The van der Waals surface area contributed by atoms with E-state index in [1.54, 1.807) is 6.08 Å². The molecule has 0 saturated heterocycles. The van der Waals surface area contributed by atoms with Crippen molar-refractivity contribution in [2.75, 3.05) is 6.54 Å². The molecule has 0 radical (unpaired) electrons. The van der Waals surface area contributed by atoms with E-state index in [4.69, 9.17) is 0 Å². The van der Waals surface area contributed by atoms with E-state index >= 15 is 0 Å². The lowest BCUT2D eigenvalue weighted by atomic mass is 9.33. The number of carbonyl (C=O) groups is 3. The number of ketones is 2. The summed E-state index contributed by atoms with van der Waals surface area (Å²) in [4.78, 5) is 41.5. The van der Waals surface area contributed by atoms with Crippen LogP contribution in [-0.2, 0) is 14.4 Å². The summed E-state index contributed by atoms with van der Waals surface area (Å²) in [7, 11) is 0. The molecule has 3 fully saturated rings. The summed E-state index contributed by atoms with van der Waals surface area (Å²) in [6, 6.07) is 2.15. The highest BCUT2D eigenvalue weighted by molar-refractivity contribution is 6.05. The highest BCUT2D eigenvalue weighted by atomic mass is 16.3. The number of nitrogens with one attached hydrogen (secondary N) is 1. The number of nitrogens with zero attached hydrogens (tertiary/aromatic N) is 1. The van der Waals surface area contributed by atoms with E-state index in [1.807, 2.05) is 26.8 Å². The third-order valence-electron chi connectivity index (χ3n) is 13.8. The second-order valence-corrected chi connectivity index (χ2v) is 16.9. The summed E-state index contributed by atoms with van der Waals surface area (Å²) >= 11 is 0. The SMILES string of the molecule is CC(C)CCNC(=O)[C@@]1(C)CC[C@]2(C)CC[C@@]3(C)[C@]4(C)CC[C@H]5C(C)(C)C(=O)C(C#N)=C[C@]5(C)C4=CC(=O)[C@]3(O)[C@@H]2C1. The Morgan fingerprint density at radius 3 is 2.29 bits per heavy atom. The van der Waals surface area contributed by atoms with E-state index in [1.165, 1.54) is 0 Å². The molecule has 3 saturated carbocycles. The average Bonchev–Trinajstić information content (AvgIpc) is 2.91. The third kappa shape index (κ3) is 3.80. The van der Waals surface area contributed by atoms with Crippen LogP contribution in [0.4, 0.5) is 0 Å². The first-order valence-electron chi connectivity index (χ1n) is 16.2. The van der Waals surface area contributed by atoms with Crippen molar-refractivity contribution >= 4 is 17.5 Å². The van der Waals surface area contributed by atoms with Crippen LogP contribution in [0.1, 0.15) is 114 Å². The fourth-order valence-corrected chi connectivity index (χ4v) is 10.7. The molecule has 5 rings (SSSR count). The van der Waals surface area contributed by atoms with Crippen LogP contribution in [0.25, 0.3) is 0 Å². The molecule has 1 amide bonds. The van der Waals surface area contributed by atoms with Gasteiger partial charge in [0.1, 0.15) is 11.7 Å². The fourth-order valence-electron chi connectivity index (χ4n) is 10.7. The molecule has 0 aromatic carbocycles. The number of rotatable bonds is 4. The van der Waals surface area contributed by atoms with E-state index in [2.05, 4.69) is 52.9 Å². The van der Waals surface area contributed by atoms with Crippen LogP contribution in [0.3, 0.4) is 0 Å². The van der Waals surface area contributed by atoms with Crippen molar-refractivity contribution in [3.05, 3.63) is 23.3 Å². The fraction of sp³-hybridized carbons (Fsp3) is 0.778. The van der Waals surface area contributed by atoms with E-state index < -0.39 is 32.7 Å². The van der Waals surface area contributed by atoms with Crippen molar-refractivity contribution in [1.82, 2.24) is 5.32 Å². The largest absolute Gasteiger partial charge is 0.381 e. The van der Waals surface area contributed by atoms with Crippen molar-refractivity contribution in [3.63, 3.8) is 0 Å². The first-order valence-corrected chi connectivity index (χ1v) is 16.2. The maximum absolute atomic E-state index is 14.6. The number of Topliss-reactive ketones (excluding diaryl/α,β-unsaturated/α-hetero) is 1. The molecule has 230 valence electrons. The number of hydrogen-bond acceptors (Lipinski definition) is 5. The van der Waals surface area contributed by atoms with Crippen molar-refractivity contribution in [2.45, 2.75) is 119 Å². The Morgan fingerprint density at radius 1 is 1.02 bits per heavy atom. The minimum Gasteiger partial charge on any atom is -0.381 e. The summed E-state index contributed by atoms with van der Waals surface area (Å²) < 4.78 is 0. The van der Waals surface area contributed by atoms with Crippen LogP contribution in [0, 0.1) is 61.6 Å². The number of nitriles is 1. The number of hydrogen-bond donors (Lipinski definition) is 2. The Balaban J connectivity index is 1.61. The number of amides is 1. The third-order valence-corrected chi connectivity index (χ3v) is 13.8. The Hall–Kier alpha value is -2.26. The average molecular weight is 577 g/mol. The molecular formula is C36H52N2O4. The Kier molecular flexibility index (Phi) is 6.95. The van der Waals surface area contributed by atoms with Crippen LogP contribution in [0.15, 0.2) is 23.3 Å². The predicted octanol–water partition coefficient (Wildman–Crippen LogP) is 6.48. The minimum atomic E-state index is -1.61. The molecule has 0 aromatic heterocycles. The molecular weight excluding hydrogens is 524 g/mol. The lowest BCUT2D eigenvalue weighted by Crippen LogP contribution is -2.74. The lowest BCUT2D eigenvalue weighted by molar-refractivity contribution is -0.242. The molecule has 0 unspecified atom stereocenters. The second kappa shape index (κ2) is 9.37. The maximum atomic E-state index is 14.6. The quantitative estimate of drug-likeness (QED) is 0.398. The number of carbonyl (C=O) groups excluding carboxylic acids is 3. The Bertz CT molecular complexity index is 1340. The van der Waals surface area contributed by atoms with Crippen molar-refractivity contribution in [3.8, 4) is 6.07 Å². The van der Waals surface area contributed by atoms with Crippen molar-refractivity contribution in [1.29, 1.82) is 5.26 Å². The number of allylic oxidation sites excluding steroid dienone is 3. The smallest absolute Gasteiger partial charge is 0.225 e. The van der Waals surface area contributed by atoms with E-state index in [9.17, 15) is 24.8 Å². The predicted molar refractivity (Wildman–Crippen MR) is 163 cm³/mol. The van der Waals surface area contributed by atoms with E-state index in [0.717, 1.165) is 44.1 Å². The van der Waals surface area contributed by atoms with Gasteiger partial charge in [0.15, 0.2) is 11.6 Å². The van der Waals surface area contributed by atoms with Crippen LogP contribution in [-0.4, -0.2) is 34.7 Å². The highest BCUT2D eigenvalue weighted by Crippen LogP contribution is 2.75. The van der Waals surface area contributed by atoms with Crippen LogP contribution >= 0.6 is 0 Å². The summed E-state index contributed by atoms with van der Waals surface area (Å²) in [5.74, 6) is -0.246. The van der Waals surface area contributed by atoms with Crippen LogP contribution in [0.2, 0.25) is 0 Å². The first-order chi connectivity index (χ1) is 19.3. The van der Waals surface area contributed by atoms with Gasteiger partial charge in [0, 0.05) is 34.1 Å². The van der Waals surface area contributed by atoms with Gasteiger partial charge >= 0.3 is 0 Å². The zero-order valence-corrected chi connectivity index (χ0v) is 27.4. The molecule has 5 aliphatic rings. The molecule has 0 spiro atoms. The first kappa shape index (κ1) is 31.2. The van der Waals surface area contributed by atoms with Gasteiger partial charge in [0.05, 0.1) is 5.57 Å². The molecule has 0 aliphatic heterocycles. The monoisotopic (exact) mass is 576 g/mol. The van der Waals surface area contributed by atoms with Crippen molar-refractivity contribution in [2.24, 2.45) is 50.2 Å². The van der Waals surface area contributed by atoms with Gasteiger partial charge in [-0.1, -0.05) is 68.4 Å². The molecule has 0 bridgehead atoms. The molecule has 0 heterocycles. The van der Waals surface area contributed by atoms with Gasteiger partial charge in [-0.3, -0.25) is 14.4 Å². The minimum absolute atomic E-state index is 0.0306. The molecule has 6 heteroatoms. The Labute approximate surface area is 252 Å². The van der Waals surface area contributed by atoms with Gasteiger partial charge in [0.25, 0.3) is 0 Å². The van der Waals surface area contributed by atoms with E-state index in [-0.39, 0.29) is 40.3 Å². The molecule has 0 aromatic rings. The van der Waals surface area contributed by atoms with Crippen LogP contribution in [0.5, 0.6) is 0 Å². The zero-order chi connectivity index (χ0) is 31.3. The van der Waals surface area contributed by atoms with Gasteiger partial charge in [-0.25, -0.2) is 0 Å². The summed E-state index contributed by atoms with van der Waals surface area (Å²) in [5.41, 5.74) is -4.00. The molecule has 6 nitrogen and oxygen atoms in total. The zero-order valence-electron chi connectivity index (χ0n) is 27.4. The highest BCUT2D eigenvalue weighted by Gasteiger charge is 2.75. The number of aliphatic hydroxyl groups is 1. The lowest BCUT2D eigenvalue weighted by Gasteiger charge is -2.71. The Morgan fingerprint density at radius 2 is 1.67 bits per heavy atom. The summed E-state index contributed by atoms with van der Waals surface area (Å²) in [6.45, 7) is 19.5. The van der Waals surface area contributed by atoms with Crippen molar-refractivity contribution < 1.29 is 19.5 Å². The van der Waals surface area contributed by atoms with Gasteiger partial charge in [0.2, 0.25) is 5.91 Å². The van der Waals surface area contributed by atoms with Gasteiger partial charge in [-0.15, -0.1) is 0 Å². The van der Waals surface area contributed by atoms with Crippen LogP contribution < -0.4 is 5.32 Å². The molecule has 2 N–H and O–H groups in total. The molecule has 5 aliphatic carbocycles. The molecule has 42 heavy (non-hydrogen) atoms. The maximum Gasteiger partial charge on any atom is 0.225 e. The summed E-state index contributed by atoms with van der Waals surface area (Å²) in [6.07, 6.45) is 9.63. The number of fused-ring (bicyclic) bond motifs is 7. The van der Waals surface area contributed by atoms with E-state index in [0.29, 0.717) is 25.3 Å². The van der Waals surface area contributed by atoms with Gasteiger partial charge in [-0.2, -0.15) is 5.26 Å². The standard InChI is InChI=1S/C36H52N2O4/c1-22(2)11-17-38-29(41)32(6)14-13-31(5)15-16-35(9)34(8)12-10-24-30(3,4)28(40)23(21-37)19-33(24,7)25(34)18-27(39)36(35,42)26(31)20-32/h18-19,22,24,26,42H,10-17,20H2,1-9H3,(H,38,41)/t24-,26+,31+,32-,33-,34+,35-,36+/m0/s1. The summed E-state index contributed by atoms with van der Waals surface area (Å²) in [5, 5.41) is 26.1.